The Morgan fingerprint density at radius 3 is 2.33 bits per heavy atom. The van der Waals surface area contributed by atoms with Gasteiger partial charge in [0.05, 0.1) is 0 Å². The summed E-state index contributed by atoms with van der Waals surface area (Å²) >= 11 is 1.88. The molecule has 0 aliphatic rings. The molecule has 1 atom stereocenters. The second-order valence-electron chi connectivity index (χ2n) is 6.26. The van der Waals surface area contributed by atoms with Gasteiger partial charge in [0.2, 0.25) is 0 Å². The number of aliphatic hydroxyl groups excluding tert-OH is 1. The van der Waals surface area contributed by atoms with Crippen molar-refractivity contribution in [3.05, 3.63) is 21.9 Å². The Balaban J connectivity index is 2.61. The van der Waals surface area contributed by atoms with Gasteiger partial charge in [-0.3, -0.25) is 0 Å². The minimum absolute atomic E-state index is 0.0423. The summed E-state index contributed by atoms with van der Waals surface area (Å²) in [5, 5.41) is 12.7. The Labute approximate surface area is 115 Å². The molecule has 3 heteroatoms. The number of nitrogens with one attached hydrogen (secondary N) is 1. The van der Waals surface area contributed by atoms with Gasteiger partial charge in [-0.05, 0) is 37.3 Å². The minimum Gasteiger partial charge on any atom is -0.396 e. The number of thiophene rings is 1. The zero-order valence-electron chi connectivity index (χ0n) is 12.3. The van der Waals surface area contributed by atoms with Crippen molar-refractivity contribution in [2.45, 2.75) is 65.0 Å². The molecule has 18 heavy (non-hydrogen) atoms. The molecule has 1 unspecified atom stereocenters. The van der Waals surface area contributed by atoms with Gasteiger partial charge in [0.1, 0.15) is 0 Å². The third-order valence-electron chi connectivity index (χ3n) is 3.53. The maximum absolute atomic E-state index is 9.10. The van der Waals surface area contributed by atoms with Gasteiger partial charge in [-0.25, -0.2) is 0 Å². The maximum Gasteiger partial charge on any atom is 0.0448 e. The molecule has 0 bridgehead atoms. The van der Waals surface area contributed by atoms with Gasteiger partial charge in [0.15, 0.2) is 0 Å². The van der Waals surface area contributed by atoms with Crippen LogP contribution in [0, 0.1) is 0 Å². The van der Waals surface area contributed by atoms with E-state index in [4.69, 9.17) is 5.11 Å². The first-order chi connectivity index (χ1) is 8.30. The molecule has 104 valence electrons. The Kier molecular flexibility index (Phi) is 5.38. The fourth-order valence-corrected chi connectivity index (χ4v) is 2.82. The Hall–Kier alpha value is -0.380. The number of hydrogen-bond donors (Lipinski definition) is 2. The highest BCUT2D eigenvalue weighted by molar-refractivity contribution is 7.12. The van der Waals surface area contributed by atoms with Crippen LogP contribution in [0.3, 0.4) is 0 Å². The predicted octanol–water partition coefficient (Wildman–Crippen LogP) is 3.69. The monoisotopic (exact) mass is 269 g/mol. The number of rotatable bonds is 6. The molecule has 0 fully saturated rings. The molecule has 0 spiro atoms. The quantitative estimate of drug-likeness (QED) is 0.825. The molecule has 0 aromatic carbocycles. The van der Waals surface area contributed by atoms with Crippen molar-refractivity contribution in [3.63, 3.8) is 0 Å². The molecular formula is C15H27NOS. The first kappa shape index (κ1) is 15.7. The van der Waals surface area contributed by atoms with Gasteiger partial charge in [-0.2, -0.15) is 0 Å². The smallest absolute Gasteiger partial charge is 0.0448 e. The lowest BCUT2D eigenvalue weighted by Gasteiger charge is -2.29. The third-order valence-corrected chi connectivity index (χ3v) is 5.05. The molecule has 2 nitrogen and oxygen atoms in total. The second-order valence-corrected chi connectivity index (χ2v) is 7.43. The van der Waals surface area contributed by atoms with Crippen molar-refractivity contribution in [1.29, 1.82) is 0 Å². The van der Waals surface area contributed by atoms with Gasteiger partial charge >= 0.3 is 0 Å². The van der Waals surface area contributed by atoms with E-state index in [1.54, 1.807) is 0 Å². The Morgan fingerprint density at radius 2 is 1.89 bits per heavy atom. The molecule has 0 saturated heterocycles. The van der Waals surface area contributed by atoms with Crippen LogP contribution < -0.4 is 5.32 Å². The first-order valence-corrected chi connectivity index (χ1v) is 7.57. The molecule has 0 aliphatic heterocycles. The highest BCUT2D eigenvalue weighted by atomic mass is 32.1. The van der Waals surface area contributed by atoms with Crippen LogP contribution in [-0.2, 0) is 12.0 Å². The molecule has 0 saturated carbocycles. The van der Waals surface area contributed by atoms with Crippen molar-refractivity contribution in [2.75, 3.05) is 6.61 Å². The van der Waals surface area contributed by atoms with E-state index in [0.717, 1.165) is 19.4 Å². The van der Waals surface area contributed by atoms with Crippen molar-refractivity contribution in [1.82, 2.24) is 5.32 Å². The number of aliphatic hydroxyl groups is 1. The summed E-state index contributed by atoms with van der Waals surface area (Å²) in [4.78, 5) is 2.80. The predicted molar refractivity (Wildman–Crippen MR) is 80.3 cm³/mol. The Morgan fingerprint density at radius 1 is 1.22 bits per heavy atom. The summed E-state index contributed by atoms with van der Waals surface area (Å²) < 4.78 is 0. The van der Waals surface area contributed by atoms with E-state index in [1.165, 1.54) is 9.75 Å². The average molecular weight is 269 g/mol. The van der Waals surface area contributed by atoms with E-state index in [0.29, 0.717) is 0 Å². The maximum atomic E-state index is 9.10. The fourth-order valence-electron chi connectivity index (χ4n) is 1.81. The lowest BCUT2D eigenvalue weighted by atomic mass is 9.94. The SMILES string of the molecule is CCC(C)(CCO)NCc1ccc(C(C)(C)C)s1. The molecule has 0 radical (unpaired) electrons. The topological polar surface area (TPSA) is 32.3 Å². The van der Waals surface area contributed by atoms with E-state index >= 15 is 0 Å². The minimum atomic E-state index is 0.0423. The van der Waals surface area contributed by atoms with Crippen molar-refractivity contribution in [3.8, 4) is 0 Å². The molecule has 1 heterocycles. The van der Waals surface area contributed by atoms with Crippen LogP contribution in [0.5, 0.6) is 0 Å². The average Bonchev–Trinajstić information content (AvgIpc) is 2.75. The standard InChI is InChI=1S/C15H27NOS/c1-6-15(5,9-10-17)16-11-12-7-8-13(18-12)14(2,3)4/h7-8,16-17H,6,9-11H2,1-5H3. The van der Waals surface area contributed by atoms with Crippen LogP contribution >= 0.6 is 11.3 Å². The molecular weight excluding hydrogens is 242 g/mol. The van der Waals surface area contributed by atoms with E-state index in [2.05, 4.69) is 52.1 Å². The zero-order valence-corrected chi connectivity index (χ0v) is 13.2. The third kappa shape index (κ3) is 4.38. The molecule has 1 aromatic heterocycles. The lowest BCUT2D eigenvalue weighted by Crippen LogP contribution is -2.41. The fraction of sp³-hybridized carbons (Fsp3) is 0.733. The van der Waals surface area contributed by atoms with Gasteiger partial charge in [-0.15, -0.1) is 11.3 Å². The second kappa shape index (κ2) is 6.18. The van der Waals surface area contributed by atoms with Crippen LogP contribution in [0.4, 0.5) is 0 Å². The van der Waals surface area contributed by atoms with E-state index in [-0.39, 0.29) is 17.6 Å². The summed E-state index contributed by atoms with van der Waals surface area (Å²) in [5.41, 5.74) is 0.280. The zero-order chi connectivity index (χ0) is 13.8. The van der Waals surface area contributed by atoms with Crippen molar-refractivity contribution in [2.24, 2.45) is 0 Å². The highest BCUT2D eigenvalue weighted by Gasteiger charge is 2.21. The van der Waals surface area contributed by atoms with Crippen LogP contribution in [0.1, 0.15) is 57.2 Å². The largest absolute Gasteiger partial charge is 0.396 e. The summed E-state index contributed by atoms with van der Waals surface area (Å²) in [7, 11) is 0. The van der Waals surface area contributed by atoms with Crippen molar-refractivity contribution < 1.29 is 5.11 Å². The number of hydrogen-bond acceptors (Lipinski definition) is 3. The van der Waals surface area contributed by atoms with Gasteiger partial charge in [0.25, 0.3) is 0 Å². The first-order valence-electron chi connectivity index (χ1n) is 6.76. The van der Waals surface area contributed by atoms with Crippen LogP contribution in [-0.4, -0.2) is 17.3 Å². The summed E-state index contributed by atoms with van der Waals surface area (Å²) in [6.45, 7) is 12.2. The van der Waals surface area contributed by atoms with Crippen LogP contribution in [0.2, 0.25) is 0 Å². The van der Waals surface area contributed by atoms with Gasteiger partial charge in [-0.1, -0.05) is 27.7 Å². The molecule has 0 aliphatic carbocycles. The molecule has 1 rings (SSSR count). The van der Waals surface area contributed by atoms with E-state index in [1.807, 2.05) is 11.3 Å². The van der Waals surface area contributed by atoms with E-state index in [9.17, 15) is 0 Å². The normalized spacial score (nSPS) is 15.7. The van der Waals surface area contributed by atoms with Gasteiger partial charge in [0, 0.05) is 28.4 Å². The lowest BCUT2D eigenvalue weighted by molar-refractivity contribution is 0.215. The van der Waals surface area contributed by atoms with Crippen molar-refractivity contribution >= 4 is 11.3 Å². The summed E-state index contributed by atoms with van der Waals surface area (Å²) in [6, 6.07) is 4.45. The Bertz CT molecular complexity index is 367. The summed E-state index contributed by atoms with van der Waals surface area (Å²) in [5.74, 6) is 0. The molecule has 1 aromatic rings. The molecule has 0 amide bonds. The summed E-state index contributed by atoms with van der Waals surface area (Å²) in [6.07, 6.45) is 1.84. The van der Waals surface area contributed by atoms with Gasteiger partial charge < -0.3 is 10.4 Å². The molecule has 2 N–H and O–H groups in total. The van der Waals surface area contributed by atoms with Crippen LogP contribution in [0.15, 0.2) is 12.1 Å². The van der Waals surface area contributed by atoms with E-state index < -0.39 is 0 Å². The highest BCUT2D eigenvalue weighted by Crippen LogP contribution is 2.29. The van der Waals surface area contributed by atoms with Crippen LogP contribution in [0.25, 0.3) is 0 Å².